The summed E-state index contributed by atoms with van der Waals surface area (Å²) in [7, 11) is 2.15. The lowest BCUT2D eigenvalue weighted by Crippen LogP contribution is -2.47. The number of Topliss-reactive ketones (excluding diaryl/α,β-unsaturated/α-hetero) is 1. The van der Waals surface area contributed by atoms with Crippen molar-refractivity contribution in [3.8, 4) is 11.5 Å². The van der Waals surface area contributed by atoms with Gasteiger partial charge in [-0.2, -0.15) is 0 Å². The Balaban J connectivity index is 0.000000333. The highest BCUT2D eigenvalue weighted by molar-refractivity contribution is 6.31. The number of likely N-dealkylation sites (tertiary alicyclic amines) is 1. The number of aliphatic carboxylic acids is 2. The fraction of sp³-hybridized carbons (Fsp3) is 0.453. The van der Waals surface area contributed by atoms with Crippen LogP contribution in [0.5, 0.6) is 11.5 Å². The fourth-order valence-corrected chi connectivity index (χ4v) is 8.54. The Morgan fingerprint density at radius 3 is 1.99 bits per heavy atom. The largest absolute Gasteiger partial charge is 1.00 e. The molecule has 0 N–H and O–H groups in total. The Morgan fingerprint density at radius 2 is 1.34 bits per heavy atom. The number of ether oxygens (including phenoxy) is 2. The molecule has 2 saturated heterocycles. The fourth-order valence-electron chi connectivity index (χ4n) is 8.24. The minimum Gasteiger partial charge on any atom is -0.550 e. The van der Waals surface area contributed by atoms with Gasteiger partial charge in [-0.1, -0.05) is 92.9 Å². The van der Waals surface area contributed by atoms with Gasteiger partial charge in [-0.15, -0.1) is 0 Å². The third kappa shape index (κ3) is 17.3. The molecule has 12 nitrogen and oxygen atoms in total. The van der Waals surface area contributed by atoms with Gasteiger partial charge in [0.25, 0.3) is 0 Å². The number of amidine groups is 1. The molecule has 0 saturated carbocycles. The number of esters is 1. The minimum absolute atomic E-state index is 0. The second-order valence-electron chi connectivity index (χ2n) is 17.4. The molecule has 15 heteroatoms. The van der Waals surface area contributed by atoms with Crippen molar-refractivity contribution in [3.05, 3.63) is 124 Å². The van der Waals surface area contributed by atoms with Crippen molar-refractivity contribution in [2.24, 2.45) is 4.99 Å². The van der Waals surface area contributed by atoms with Crippen LogP contribution in [0.4, 0.5) is 10.1 Å². The number of halogens is 3. The average Bonchev–Trinajstić information content (AvgIpc) is 3.49. The second-order valence-corrected chi connectivity index (χ2v) is 18.3. The Bertz CT molecular complexity index is 2280. The van der Waals surface area contributed by atoms with Gasteiger partial charge in [-0.25, -0.2) is 9.38 Å². The topological polar surface area (TPSA) is 155 Å². The SMILES string of the molecule is CCCCCCCCCC(=O)OC1(c2ccc(Cl)cc2)CCN(CCCC(=O)c2ccc(F)cc2)CC1.CN1CCN(C2=Nc3ccccc3Oc3ccc(Cl)cc32)CC1.O=C([O-])CCC(=O)[O-].[H+].[H+]. The number of hydrogen-bond donors (Lipinski definition) is 0. The van der Waals surface area contributed by atoms with E-state index >= 15 is 0 Å². The van der Waals surface area contributed by atoms with Gasteiger partial charge < -0.3 is 44.0 Å². The van der Waals surface area contributed by atoms with Crippen LogP contribution in [-0.4, -0.2) is 97.1 Å². The zero-order valence-corrected chi connectivity index (χ0v) is 40.7. The highest BCUT2D eigenvalue weighted by Gasteiger charge is 2.40. The Morgan fingerprint density at radius 1 is 0.721 bits per heavy atom. The summed E-state index contributed by atoms with van der Waals surface area (Å²) in [5.41, 5.74) is 2.72. The number of unbranched alkanes of at least 4 members (excludes halogenated alkanes) is 6. The molecule has 0 amide bonds. The van der Waals surface area contributed by atoms with E-state index in [0.717, 1.165) is 99.2 Å². The van der Waals surface area contributed by atoms with Crippen LogP contribution in [0.1, 0.15) is 121 Å². The van der Waals surface area contributed by atoms with Gasteiger partial charge in [-0.3, -0.25) is 9.59 Å². The minimum atomic E-state index is -1.37. The molecule has 0 atom stereocenters. The van der Waals surface area contributed by atoms with E-state index in [4.69, 9.17) is 37.7 Å². The lowest BCUT2D eigenvalue weighted by molar-refractivity contribution is -0.315. The smallest absolute Gasteiger partial charge is 0.550 e. The van der Waals surface area contributed by atoms with Gasteiger partial charge in [0.05, 0.1) is 5.56 Å². The van der Waals surface area contributed by atoms with Crippen LogP contribution < -0.4 is 14.9 Å². The monoisotopic (exact) mass is 974 g/mol. The van der Waals surface area contributed by atoms with E-state index in [0.29, 0.717) is 41.3 Å². The first kappa shape index (κ1) is 53.6. The van der Waals surface area contributed by atoms with Crippen molar-refractivity contribution in [2.45, 2.75) is 102 Å². The van der Waals surface area contributed by atoms with Crippen molar-refractivity contribution >= 4 is 58.4 Å². The molecule has 4 aromatic carbocycles. The molecule has 3 heterocycles. The molecule has 0 radical (unpaired) electrons. The van der Waals surface area contributed by atoms with Crippen LogP contribution in [0.2, 0.25) is 10.0 Å². The number of carboxylic acid groups (broad SMARTS) is 2. The number of ketones is 1. The zero-order chi connectivity index (χ0) is 48.9. The Kier molecular flexibility index (Phi) is 21.8. The molecule has 0 aromatic heterocycles. The highest BCUT2D eigenvalue weighted by Crippen LogP contribution is 2.40. The molecule has 7 rings (SSSR count). The number of likely N-dealkylation sites (N-methyl/N-ethyl adjacent to an activating group) is 1. The number of piperidine rings is 1. The molecule has 3 aliphatic heterocycles. The highest BCUT2D eigenvalue weighted by atomic mass is 35.5. The second kappa shape index (κ2) is 27.6. The van der Waals surface area contributed by atoms with Gasteiger partial charge in [0, 0.05) is 92.5 Å². The van der Waals surface area contributed by atoms with Crippen LogP contribution in [0.15, 0.2) is 96.0 Å². The molecule has 0 unspecified atom stereocenters. The van der Waals surface area contributed by atoms with Crippen LogP contribution in [0, 0.1) is 5.82 Å². The number of carbonyl (C=O) groups excluding carboxylic acids is 4. The zero-order valence-electron chi connectivity index (χ0n) is 41.2. The molecule has 0 aliphatic carbocycles. The van der Waals surface area contributed by atoms with E-state index in [-0.39, 0.29) is 20.4 Å². The van der Waals surface area contributed by atoms with Gasteiger partial charge in [0.2, 0.25) is 0 Å². The summed E-state index contributed by atoms with van der Waals surface area (Å²) in [5.74, 6) is -0.632. The molecule has 366 valence electrons. The molecular formula is C53H65Cl2FN4O8. The van der Waals surface area contributed by atoms with Gasteiger partial charge in [0.15, 0.2) is 11.5 Å². The van der Waals surface area contributed by atoms with Crippen molar-refractivity contribution in [1.82, 2.24) is 14.7 Å². The molecule has 3 aliphatic rings. The van der Waals surface area contributed by atoms with E-state index in [9.17, 15) is 33.8 Å². The molecule has 2 fully saturated rings. The molecule has 4 aromatic rings. The average molecular weight is 976 g/mol. The lowest BCUT2D eigenvalue weighted by Gasteiger charge is -2.41. The number of carbonyl (C=O) groups is 4. The van der Waals surface area contributed by atoms with Gasteiger partial charge >= 0.3 is 8.82 Å². The third-order valence-electron chi connectivity index (χ3n) is 12.2. The lowest BCUT2D eigenvalue weighted by atomic mass is 9.84. The number of aliphatic imine (C=N–C) groups is 1. The molecule has 0 bridgehead atoms. The van der Waals surface area contributed by atoms with E-state index in [1.807, 2.05) is 66.7 Å². The van der Waals surface area contributed by atoms with Gasteiger partial charge in [0.1, 0.15) is 28.7 Å². The molecule has 68 heavy (non-hydrogen) atoms. The number of benzene rings is 4. The normalized spacial score (nSPS) is 15.4. The van der Waals surface area contributed by atoms with Crippen molar-refractivity contribution in [2.75, 3.05) is 52.9 Å². The number of hydrogen-bond acceptors (Lipinski definition) is 12. The number of piperazine rings is 1. The first-order chi connectivity index (χ1) is 32.7. The van der Waals surface area contributed by atoms with Crippen molar-refractivity contribution < 1.29 is 46.1 Å². The summed E-state index contributed by atoms with van der Waals surface area (Å²) in [6.45, 7) is 8.54. The molecule has 0 spiro atoms. The summed E-state index contributed by atoms with van der Waals surface area (Å²) in [6.07, 6.45) is 10.3. The number of para-hydroxylation sites is 2. The number of nitrogens with zero attached hydrogens (tertiary/aromatic N) is 4. The predicted molar refractivity (Wildman–Crippen MR) is 262 cm³/mol. The first-order valence-corrected chi connectivity index (χ1v) is 24.5. The number of rotatable bonds is 18. The summed E-state index contributed by atoms with van der Waals surface area (Å²) in [6, 6.07) is 27.0. The van der Waals surface area contributed by atoms with E-state index in [1.165, 1.54) is 44.2 Å². The summed E-state index contributed by atoms with van der Waals surface area (Å²) >= 11 is 12.4. The quantitative estimate of drug-likeness (QED) is 0.0532. The third-order valence-corrected chi connectivity index (χ3v) is 12.7. The number of carboxylic acids is 2. The molecular weight excluding hydrogens is 911 g/mol. The van der Waals surface area contributed by atoms with Crippen LogP contribution in [0.3, 0.4) is 0 Å². The van der Waals surface area contributed by atoms with Crippen LogP contribution >= 0.6 is 23.2 Å². The summed E-state index contributed by atoms with van der Waals surface area (Å²) < 4.78 is 25.4. The maximum absolute atomic E-state index is 13.1. The first-order valence-electron chi connectivity index (χ1n) is 23.7. The van der Waals surface area contributed by atoms with E-state index in [1.54, 1.807) is 12.1 Å². The Labute approximate surface area is 413 Å². The maximum atomic E-state index is 13.1. The van der Waals surface area contributed by atoms with Crippen molar-refractivity contribution in [3.63, 3.8) is 0 Å². The Hall–Kier alpha value is -5.34. The van der Waals surface area contributed by atoms with E-state index < -0.39 is 30.4 Å². The maximum Gasteiger partial charge on any atom is 1.00 e. The number of fused-ring (bicyclic) bond motifs is 2. The predicted octanol–water partition coefficient (Wildman–Crippen LogP) is 9.38. The van der Waals surface area contributed by atoms with Crippen LogP contribution in [0.25, 0.3) is 0 Å². The summed E-state index contributed by atoms with van der Waals surface area (Å²) in [5, 5.41) is 20.4. The summed E-state index contributed by atoms with van der Waals surface area (Å²) in [4.78, 5) is 56.1. The van der Waals surface area contributed by atoms with Crippen molar-refractivity contribution in [1.29, 1.82) is 0 Å². The van der Waals surface area contributed by atoms with Crippen LogP contribution in [-0.2, 0) is 24.7 Å². The standard InChI is InChI=1S/C31H41ClFNO3.C18H18ClN3O.C4H6O4/c1-2-3-4-5-6-7-8-11-30(36)37-31(26-14-16-27(32)17-15-26)20-23-34(24-21-31)22-9-10-29(35)25-12-18-28(33)19-13-25;1-21-8-10-22(11-9-21)18-14-12-13(19)6-7-16(14)23-17-5-3-2-4-15(17)20-18;5-3(6)1-2-4(7)8/h12-19H,2-11,20-24H2,1H3;2-7,12H,8-11H2,1H3;1-2H2,(H,5,6)(H,7,8). The van der Waals surface area contributed by atoms with Gasteiger partial charge in [-0.05, 0) is 112 Å². The van der Waals surface area contributed by atoms with E-state index in [2.05, 4.69) is 28.7 Å².